The first-order valence-corrected chi connectivity index (χ1v) is 9.28. The average Bonchev–Trinajstić information content (AvgIpc) is 2.59. The minimum atomic E-state index is -0.570. The third-order valence-corrected chi connectivity index (χ3v) is 4.51. The Bertz CT molecular complexity index is 790. The number of nitrogens with one attached hydrogen (secondary N) is 1. The summed E-state index contributed by atoms with van der Waals surface area (Å²) >= 11 is 3.51. The number of hydrogen-bond donors (Lipinski definition) is 2. The van der Waals surface area contributed by atoms with E-state index in [0.29, 0.717) is 30.2 Å². The number of carbonyl (C=O) groups excluding carboxylic acids is 2. The van der Waals surface area contributed by atoms with E-state index in [1.807, 2.05) is 18.2 Å². The van der Waals surface area contributed by atoms with Gasteiger partial charge in [0.25, 0.3) is 5.91 Å². The summed E-state index contributed by atoms with van der Waals surface area (Å²) < 4.78 is 6.64. The van der Waals surface area contributed by atoms with Crippen molar-refractivity contribution in [1.82, 2.24) is 0 Å². The van der Waals surface area contributed by atoms with Gasteiger partial charge in [-0.05, 0) is 58.1 Å². The lowest BCUT2D eigenvalue weighted by Gasteiger charge is -2.12. The number of nitrogens with two attached hydrogens (primary N) is 1. The fourth-order valence-electron chi connectivity index (χ4n) is 2.43. The summed E-state index contributed by atoms with van der Waals surface area (Å²) in [7, 11) is 0. The van der Waals surface area contributed by atoms with Gasteiger partial charge in [0.2, 0.25) is 5.91 Å². The van der Waals surface area contributed by atoms with E-state index in [1.54, 1.807) is 24.3 Å². The van der Waals surface area contributed by atoms with Crippen LogP contribution in [0.25, 0.3) is 0 Å². The van der Waals surface area contributed by atoms with Gasteiger partial charge in [-0.2, -0.15) is 0 Å². The molecule has 0 aromatic heterocycles. The smallest absolute Gasteiger partial charge is 0.250 e. The molecule has 3 N–H and O–H groups in total. The number of primary amides is 1. The maximum absolute atomic E-state index is 12.1. The standard InChI is InChI=1S/C20H23BrN2O3/c1-13(2)14-9-10-18(16(21)12-14)26-11-5-8-19(24)23-17-7-4-3-6-15(17)20(22)25/h3-4,6-7,9-10,12-13H,5,8,11H2,1-2H3,(H2,22,25)(H,23,24). The zero-order chi connectivity index (χ0) is 19.1. The molecule has 0 spiro atoms. The lowest BCUT2D eigenvalue weighted by atomic mass is 10.0. The van der Waals surface area contributed by atoms with Crippen LogP contribution in [0.1, 0.15) is 48.5 Å². The molecule has 0 radical (unpaired) electrons. The normalized spacial score (nSPS) is 10.6. The highest BCUT2D eigenvalue weighted by Crippen LogP contribution is 2.29. The van der Waals surface area contributed by atoms with E-state index in [1.165, 1.54) is 5.56 Å². The second-order valence-corrected chi connectivity index (χ2v) is 7.11. The Hall–Kier alpha value is -2.34. The summed E-state index contributed by atoms with van der Waals surface area (Å²) in [6.07, 6.45) is 0.845. The molecule has 0 atom stereocenters. The monoisotopic (exact) mass is 418 g/mol. The van der Waals surface area contributed by atoms with Crippen LogP contribution in [0.5, 0.6) is 5.75 Å². The molecule has 6 heteroatoms. The Kier molecular flexibility index (Phi) is 7.21. The zero-order valence-corrected chi connectivity index (χ0v) is 16.5. The number of para-hydroxylation sites is 1. The fourth-order valence-corrected chi connectivity index (χ4v) is 2.94. The van der Waals surface area contributed by atoms with Crippen molar-refractivity contribution in [3.63, 3.8) is 0 Å². The summed E-state index contributed by atoms with van der Waals surface area (Å²) in [6, 6.07) is 12.7. The number of ether oxygens (including phenoxy) is 1. The maximum Gasteiger partial charge on any atom is 0.250 e. The van der Waals surface area contributed by atoms with Crippen LogP contribution in [0.3, 0.4) is 0 Å². The molecule has 0 saturated carbocycles. The second-order valence-electron chi connectivity index (χ2n) is 6.25. The van der Waals surface area contributed by atoms with Crippen molar-refractivity contribution in [2.24, 2.45) is 5.73 Å². The molecule has 0 bridgehead atoms. The number of benzene rings is 2. The molecule has 0 aliphatic heterocycles. The van der Waals surface area contributed by atoms with Crippen LogP contribution in [0.2, 0.25) is 0 Å². The highest BCUT2D eigenvalue weighted by atomic mass is 79.9. The minimum absolute atomic E-state index is 0.184. The number of hydrogen-bond acceptors (Lipinski definition) is 3. The lowest BCUT2D eigenvalue weighted by molar-refractivity contribution is -0.116. The van der Waals surface area contributed by atoms with Crippen LogP contribution >= 0.6 is 15.9 Å². The maximum atomic E-state index is 12.1. The predicted molar refractivity (Wildman–Crippen MR) is 107 cm³/mol. The Labute approximate surface area is 162 Å². The molecule has 5 nitrogen and oxygen atoms in total. The first-order valence-electron chi connectivity index (χ1n) is 8.49. The van der Waals surface area contributed by atoms with Gasteiger partial charge >= 0.3 is 0 Å². The van der Waals surface area contributed by atoms with Crippen LogP contribution in [0.15, 0.2) is 46.9 Å². The third-order valence-electron chi connectivity index (χ3n) is 3.89. The molecule has 0 saturated heterocycles. The van der Waals surface area contributed by atoms with Gasteiger partial charge < -0.3 is 15.8 Å². The summed E-state index contributed by atoms with van der Waals surface area (Å²) in [5, 5.41) is 2.72. The van der Waals surface area contributed by atoms with Gasteiger partial charge in [-0.3, -0.25) is 9.59 Å². The van der Waals surface area contributed by atoms with Gasteiger partial charge in [0.1, 0.15) is 5.75 Å². The van der Waals surface area contributed by atoms with E-state index in [2.05, 4.69) is 35.1 Å². The molecule has 2 rings (SSSR count). The lowest BCUT2D eigenvalue weighted by Crippen LogP contribution is -2.18. The molecule has 2 amide bonds. The van der Waals surface area contributed by atoms with Crippen molar-refractivity contribution in [3.8, 4) is 5.75 Å². The highest BCUT2D eigenvalue weighted by Gasteiger charge is 2.10. The van der Waals surface area contributed by atoms with Crippen LogP contribution in [0.4, 0.5) is 5.69 Å². The van der Waals surface area contributed by atoms with E-state index < -0.39 is 5.91 Å². The van der Waals surface area contributed by atoms with Gasteiger partial charge in [-0.1, -0.05) is 32.0 Å². The number of rotatable bonds is 8. The first-order chi connectivity index (χ1) is 12.4. The van der Waals surface area contributed by atoms with Gasteiger partial charge in [-0.25, -0.2) is 0 Å². The number of halogens is 1. The molecule has 0 aliphatic rings. The molecule has 0 fully saturated rings. The average molecular weight is 419 g/mol. The first kappa shape index (κ1) is 20.0. The molecular formula is C20H23BrN2O3. The minimum Gasteiger partial charge on any atom is -0.492 e. The van der Waals surface area contributed by atoms with Crippen molar-refractivity contribution < 1.29 is 14.3 Å². The van der Waals surface area contributed by atoms with E-state index >= 15 is 0 Å². The summed E-state index contributed by atoms with van der Waals surface area (Å²) in [5.41, 5.74) is 7.26. The SMILES string of the molecule is CC(C)c1ccc(OCCCC(=O)Nc2ccccc2C(N)=O)c(Br)c1. The molecule has 2 aromatic rings. The predicted octanol–water partition coefficient (Wildman–Crippen LogP) is 4.47. The summed E-state index contributed by atoms with van der Waals surface area (Å²) in [4.78, 5) is 23.4. The Morgan fingerprint density at radius 2 is 1.92 bits per heavy atom. The quantitative estimate of drug-likeness (QED) is 0.620. The second kappa shape index (κ2) is 9.38. The number of carbonyl (C=O) groups is 2. The molecular weight excluding hydrogens is 396 g/mol. The van der Waals surface area contributed by atoms with Crippen LogP contribution < -0.4 is 15.8 Å². The van der Waals surface area contributed by atoms with Crippen molar-refractivity contribution in [2.75, 3.05) is 11.9 Å². The van der Waals surface area contributed by atoms with Crippen molar-refractivity contribution >= 4 is 33.4 Å². The highest BCUT2D eigenvalue weighted by molar-refractivity contribution is 9.10. The van der Waals surface area contributed by atoms with E-state index in [0.717, 1.165) is 10.2 Å². The van der Waals surface area contributed by atoms with Crippen molar-refractivity contribution in [1.29, 1.82) is 0 Å². The zero-order valence-electron chi connectivity index (χ0n) is 14.9. The molecule has 0 unspecified atom stereocenters. The van der Waals surface area contributed by atoms with Gasteiger partial charge in [-0.15, -0.1) is 0 Å². The fraction of sp³-hybridized carbons (Fsp3) is 0.300. The molecule has 2 aromatic carbocycles. The van der Waals surface area contributed by atoms with E-state index in [-0.39, 0.29) is 12.3 Å². The van der Waals surface area contributed by atoms with Crippen molar-refractivity contribution in [3.05, 3.63) is 58.1 Å². The summed E-state index contributed by atoms with van der Waals surface area (Å²) in [6.45, 7) is 4.69. The van der Waals surface area contributed by atoms with Gasteiger partial charge in [0, 0.05) is 6.42 Å². The van der Waals surface area contributed by atoms with Gasteiger partial charge in [0.15, 0.2) is 0 Å². The van der Waals surface area contributed by atoms with Crippen LogP contribution in [-0.2, 0) is 4.79 Å². The van der Waals surface area contributed by atoms with E-state index in [9.17, 15) is 9.59 Å². The Morgan fingerprint density at radius 3 is 2.58 bits per heavy atom. The topological polar surface area (TPSA) is 81.4 Å². The molecule has 138 valence electrons. The Balaban J connectivity index is 1.82. The van der Waals surface area contributed by atoms with Crippen LogP contribution in [0, 0.1) is 0 Å². The number of anilines is 1. The summed E-state index contributed by atoms with van der Waals surface area (Å²) in [5.74, 6) is 0.455. The van der Waals surface area contributed by atoms with Crippen molar-refractivity contribution in [2.45, 2.75) is 32.6 Å². The molecule has 0 heterocycles. The largest absolute Gasteiger partial charge is 0.492 e. The molecule has 26 heavy (non-hydrogen) atoms. The third kappa shape index (κ3) is 5.59. The van der Waals surface area contributed by atoms with Crippen LogP contribution in [-0.4, -0.2) is 18.4 Å². The van der Waals surface area contributed by atoms with E-state index in [4.69, 9.17) is 10.5 Å². The Morgan fingerprint density at radius 1 is 1.19 bits per heavy atom. The van der Waals surface area contributed by atoms with Gasteiger partial charge in [0.05, 0.1) is 22.3 Å². The number of amides is 2. The molecule has 0 aliphatic carbocycles.